The van der Waals surface area contributed by atoms with Gasteiger partial charge >= 0.3 is 0 Å². The van der Waals surface area contributed by atoms with Gasteiger partial charge in [-0.15, -0.1) is 0 Å². The molecular formula is C13H19FN2O. The summed E-state index contributed by atoms with van der Waals surface area (Å²) in [4.78, 5) is 0. The topological polar surface area (TPSA) is 47.3 Å². The third kappa shape index (κ3) is 3.68. The lowest BCUT2D eigenvalue weighted by molar-refractivity contribution is 0.0168. The molecule has 0 aliphatic carbocycles. The minimum atomic E-state index is -0.349. The van der Waals surface area contributed by atoms with Gasteiger partial charge in [0.25, 0.3) is 0 Å². The molecule has 1 atom stereocenters. The lowest BCUT2D eigenvalue weighted by atomic mass is 10.1. The van der Waals surface area contributed by atoms with Crippen LogP contribution < -0.4 is 11.1 Å². The molecule has 2 rings (SSSR count). The summed E-state index contributed by atoms with van der Waals surface area (Å²) in [5.74, 6) is -0.349. The Kier molecular flexibility index (Phi) is 4.34. The van der Waals surface area contributed by atoms with Crippen molar-refractivity contribution >= 4 is 5.69 Å². The quantitative estimate of drug-likeness (QED) is 0.789. The minimum absolute atomic E-state index is 0.198. The monoisotopic (exact) mass is 238 g/mol. The Labute approximate surface area is 101 Å². The first-order chi connectivity index (χ1) is 8.25. The van der Waals surface area contributed by atoms with Crippen molar-refractivity contribution in [1.29, 1.82) is 0 Å². The molecule has 1 aromatic rings. The van der Waals surface area contributed by atoms with E-state index in [0.29, 0.717) is 12.6 Å². The van der Waals surface area contributed by atoms with E-state index in [1.165, 1.54) is 18.9 Å². The maximum atomic E-state index is 13.2. The highest BCUT2D eigenvalue weighted by molar-refractivity contribution is 5.41. The van der Waals surface area contributed by atoms with Gasteiger partial charge in [0.1, 0.15) is 5.82 Å². The van der Waals surface area contributed by atoms with Crippen molar-refractivity contribution in [2.45, 2.75) is 31.9 Å². The van der Waals surface area contributed by atoms with Crippen LogP contribution in [0, 0.1) is 5.82 Å². The predicted octanol–water partition coefficient (Wildman–Crippen LogP) is 2.07. The number of ether oxygens (including phenoxy) is 1. The lowest BCUT2D eigenvalue weighted by Gasteiger charge is -2.22. The normalized spacial score (nSPS) is 20.4. The first-order valence-corrected chi connectivity index (χ1v) is 6.12. The number of anilines is 1. The summed E-state index contributed by atoms with van der Waals surface area (Å²) in [5, 5.41) is 3.29. The third-order valence-electron chi connectivity index (χ3n) is 3.04. The van der Waals surface area contributed by atoms with Crippen LogP contribution in [0.2, 0.25) is 0 Å². The van der Waals surface area contributed by atoms with Crippen LogP contribution in [0.1, 0.15) is 24.8 Å². The zero-order valence-electron chi connectivity index (χ0n) is 9.92. The van der Waals surface area contributed by atoms with E-state index >= 15 is 0 Å². The molecule has 0 amide bonds. The Bertz CT molecular complexity index is 364. The molecule has 1 aliphatic rings. The van der Waals surface area contributed by atoms with Crippen molar-refractivity contribution in [3.05, 3.63) is 29.6 Å². The molecule has 0 spiro atoms. The number of nitrogens with two attached hydrogens (primary N) is 1. The van der Waals surface area contributed by atoms with Crippen LogP contribution in [0.4, 0.5) is 10.1 Å². The standard InChI is InChI=1S/C13H19FN2O/c14-12-7-10(4-5-13(12)15)8-16-9-11-3-1-2-6-17-11/h4-5,7,11,16H,1-3,6,8-9,15H2. The fraction of sp³-hybridized carbons (Fsp3) is 0.538. The number of hydrogen-bond acceptors (Lipinski definition) is 3. The molecule has 94 valence electrons. The summed E-state index contributed by atoms with van der Waals surface area (Å²) < 4.78 is 18.8. The van der Waals surface area contributed by atoms with Gasteiger partial charge in [0.2, 0.25) is 0 Å². The average molecular weight is 238 g/mol. The van der Waals surface area contributed by atoms with E-state index in [-0.39, 0.29) is 11.5 Å². The smallest absolute Gasteiger partial charge is 0.146 e. The van der Waals surface area contributed by atoms with Crippen LogP contribution in [0.15, 0.2) is 18.2 Å². The van der Waals surface area contributed by atoms with Gasteiger partial charge < -0.3 is 15.8 Å². The van der Waals surface area contributed by atoms with Crippen molar-refractivity contribution in [2.75, 3.05) is 18.9 Å². The average Bonchev–Trinajstić information content (AvgIpc) is 2.35. The Morgan fingerprint density at radius 1 is 1.41 bits per heavy atom. The molecule has 1 aliphatic heterocycles. The Morgan fingerprint density at radius 2 is 2.29 bits per heavy atom. The number of nitrogen functional groups attached to an aromatic ring is 1. The second-order valence-electron chi connectivity index (χ2n) is 4.48. The van der Waals surface area contributed by atoms with Gasteiger partial charge in [-0.1, -0.05) is 6.07 Å². The van der Waals surface area contributed by atoms with Gasteiger partial charge in [-0.25, -0.2) is 4.39 Å². The van der Waals surface area contributed by atoms with Crippen molar-refractivity contribution < 1.29 is 9.13 Å². The van der Waals surface area contributed by atoms with E-state index in [2.05, 4.69) is 5.32 Å². The van der Waals surface area contributed by atoms with E-state index < -0.39 is 0 Å². The lowest BCUT2D eigenvalue weighted by Crippen LogP contribution is -2.31. The Morgan fingerprint density at radius 3 is 3.00 bits per heavy atom. The van der Waals surface area contributed by atoms with Crippen molar-refractivity contribution in [3.8, 4) is 0 Å². The zero-order chi connectivity index (χ0) is 12.1. The zero-order valence-corrected chi connectivity index (χ0v) is 9.92. The second-order valence-corrected chi connectivity index (χ2v) is 4.48. The van der Waals surface area contributed by atoms with Gasteiger partial charge in [-0.05, 0) is 37.0 Å². The van der Waals surface area contributed by atoms with Crippen molar-refractivity contribution in [2.24, 2.45) is 0 Å². The number of benzene rings is 1. The van der Waals surface area contributed by atoms with Crippen LogP contribution >= 0.6 is 0 Å². The van der Waals surface area contributed by atoms with Gasteiger partial charge in [-0.3, -0.25) is 0 Å². The highest BCUT2D eigenvalue weighted by Crippen LogP contribution is 2.13. The number of nitrogens with one attached hydrogen (secondary N) is 1. The predicted molar refractivity (Wildman–Crippen MR) is 66.1 cm³/mol. The van der Waals surface area contributed by atoms with Gasteiger partial charge in [0.15, 0.2) is 0 Å². The molecule has 1 aromatic carbocycles. The molecule has 0 radical (unpaired) electrons. The van der Waals surface area contributed by atoms with Gasteiger partial charge in [0.05, 0.1) is 11.8 Å². The fourth-order valence-corrected chi connectivity index (χ4v) is 2.03. The molecule has 4 heteroatoms. The van der Waals surface area contributed by atoms with E-state index in [9.17, 15) is 4.39 Å². The van der Waals surface area contributed by atoms with E-state index in [1.807, 2.05) is 6.07 Å². The second kappa shape index (κ2) is 5.98. The SMILES string of the molecule is Nc1ccc(CNCC2CCCCO2)cc1F. The molecule has 0 bridgehead atoms. The first kappa shape index (κ1) is 12.3. The number of rotatable bonds is 4. The Hall–Kier alpha value is -1.13. The first-order valence-electron chi connectivity index (χ1n) is 6.12. The van der Waals surface area contributed by atoms with E-state index in [1.54, 1.807) is 6.07 Å². The largest absolute Gasteiger partial charge is 0.396 e. The van der Waals surface area contributed by atoms with Gasteiger partial charge in [-0.2, -0.15) is 0 Å². The van der Waals surface area contributed by atoms with Crippen LogP contribution in [-0.4, -0.2) is 19.3 Å². The van der Waals surface area contributed by atoms with Crippen LogP contribution in [0.25, 0.3) is 0 Å². The summed E-state index contributed by atoms with van der Waals surface area (Å²) in [6.07, 6.45) is 3.83. The summed E-state index contributed by atoms with van der Waals surface area (Å²) >= 11 is 0. The summed E-state index contributed by atoms with van der Waals surface area (Å²) in [5.41, 5.74) is 6.53. The Balaban J connectivity index is 1.75. The van der Waals surface area contributed by atoms with E-state index in [4.69, 9.17) is 10.5 Å². The molecule has 17 heavy (non-hydrogen) atoms. The third-order valence-corrected chi connectivity index (χ3v) is 3.04. The molecule has 1 fully saturated rings. The minimum Gasteiger partial charge on any atom is -0.396 e. The van der Waals surface area contributed by atoms with Crippen LogP contribution in [0.5, 0.6) is 0 Å². The van der Waals surface area contributed by atoms with Gasteiger partial charge in [0, 0.05) is 19.7 Å². The molecular weight excluding hydrogens is 219 g/mol. The highest BCUT2D eigenvalue weighted by atomic mass is 19.1. The van der Waals surface area contributed by atoms with Crippen molar-refractivity contribution in [3.63, 3.8) is 0 Å². The summed E-state index contributed by atoms with van der Waals surface area (Å²) in [7, 11) is 0. The summed E-state index contributed by atoms with van der Waals surface area (Å²) in [6.45, 7) is 2.34. The number of hydrogen-bond donors (Lipinski definition) is 2. The van der Waals surface area contributed by atoms with Crippen molar-refractivity contribution in [1.82, 2.24) is 5.32 Å². The highest BCUT2D eigenvalue weighted by Gasteiger charge is 2.12. The molecule has 0 saturated carbocycles. The maximum absolute atomic E-state index is 13.2. The molecule has 1 unspecified atom stereocenters. The molecule has 3 nitrogen and oxygen atoms in total. The summed E-state index contributed by atoms with van der Waals surface area (Å²) in [6, 6.07) is 4.92. The van der Waals surface area contributed by atoms with Crippen LogP contribution in [0.3, 0.4) is 0 Å². The molecule has 3 N–H and O–H groups in total. The molecule has 1 saturated heterocycles. The fourth-order valence-electron chi connectivity index (χ4n) is 2.03. The molecule has 0 aromatic heterocycles. The maximum Gasteiger partial charge on any atom is 0.146 e. The van der Waals surface area contributed by atoms with Crippen LogP contribution in [-0.2, 0) is 11.3 Å². The van der Waals surface area contributed by atoms with E-state index in [0.717, 1.165) is 25.1 Å². The number of halogens is 1. The molecule has 1 heterocycles.